The Hall–Kier alpha value is -11.3. The number of benzene rings is 1. The third-order valence-corrected chi connectivity index (χ3v) is 20.6. The molecule has 26 N–H and O–H groups in total. The summed E-state index contributed by atoms with van der Waals surface area (Å²) in [5, 5.41) is 68.5. The molecule has 0 fully saturated rings. The Bertz CT molecular complexity index is 3580. The number of amides is 13. The van der Waals surface area contributed by atoms with Crippen molar-refractivity contribution in [3.63, 3.8) is 0 Å². The van der Waals surface area contributed by atoms with Crippen molar-refractivity contribution in [2.45, 2.75) is 334 Å². The summed E-state index contributed by atoms with van der Waals surface area (Å²) in [6, 6.07) is -9.35. The maximum Gasteiger partial charge on any atom is 0.326 e. The summed E-state index contributed by atoms with van der Waals surface area (Å²) < 4.78 is 0. The van der Waals surface area contributed by atoms with Gasteiger partial charge in [-0.15, -0.1) is 0 Å². The minimum absolute atomic E-state index is 0.0103. The Morgan fingerprint density at radius 2 is 0.724 bits per heavy atom. The highest BCUT2D eigenvalue weighted by atomic mass is 16.4. The molecular weight excluding hydrogens is 1600 g/mol. The molecule has 0 saturated carbocycles. The third-order valence-electron chi connectivity index (χ3n) is 20.6. The maximum absolute atomic E-state index is 14.7. The van der Waals surface area contributed by atoms with E-state index in [1.807, 2.05) is 6.92 Å². The number of guanidine groups is 2. The van der Waals surface area contributed by atoms with E-state index in [1.54, 1.807) is 65.0 Å². The van der Waals surface area contributed by atoms with E-state index in [4.69, 9.17) is 28.7 Å². The van der Waals surface area contributed by atoms with Crippen LogP contribution in [0.2, 0.25) is 0 Å². The summed E-state index contributed by atoms with van der Waals surface area (Å²) >= 11 is 0. The number of nitrogens with one attached hydrogen (secondary N) is 12. The van der Waals surface area contributed by atoms with Crippen LogP contribution in [-0.4, -0.2) is 219 Å². The van der Waals surface area contributed by atoms with Crippen molar-refractivity contribution >= 4 is 113 Å². The van der Waals surface area contributed by atoms with Gasteiger partial charge in [-0.05, 0) is 88.0 Å². The van der Waals surface area contributed by atoms with Crippen molar-refractivity contribution in [2.24, 2.45) is 56.4 Å². The van der Waals surface area contributed by atoms with Crippen LogP contribution in [0.3, 0.4) is 0 Å². The van der Waals surface area contributed by atoms with Gasteiger partial charge in [0.05, 0.1) is 13.0 Å². The second-order valence-electron chi connectivity index (χ2n) is 31.7. The largest absolute Gasteiger partial charge is 0.481 e. The number of unbranched alkanes of at least 4 members (excludes halogenated alkanes) is 16. The van der Waals surface area contributed by atoms with E-state index in [9.17, 15) is 102 Å². The molecular formula is C83H141N19O21. The molecule has 1 aromatic carbocycles. The van der Waals surface area contributed by atoms with Crippen molar-refractivity contribution in [3.05, 3.63) is 35.9 Å². The van der Waals surface area contributed by atoms with Gasteiger partial charge in [-0.25, -0.2) is 4.79 Å². The van der Waals surface area contributed by atoms with Gasteiger partial charge in [-0.1, -0.05) is 194 Å². The highest BCUT2D eigenvalue weighted by molar-refractivity contribution is 6.00. The molecule has 0 radical (unpaired) electrons. The molecule has 13 atom stereocenters. The minimum Gasteiger partial charge on any atom is -0.481 e. The molecule has 0 saturated heterocycles. The van der Waals surface area contributed by atoms with Crippen LogP contribution in [-0.2, 0) is 87.9 Å². The van der Waals surface area contributed by atoms with E-state index in [-0.39, 0.29) is 88.2 Å². The third kappa shape index (κ3) is 50.1. The lowest BCUT2D eigenvalue weighted by molar-refractivity contribution is -0.143. The number of hydrogen-bond acceptors (Lipinski definition) is 19. The number of primary amides is 1. The number of carboxylic acids is 4. The predicted octanol–water partition coefficient (Wildman–Crippen LogP) is 1.54. The number of nitrogens with zero attached hydrogens (tertiary/aromatic N) is 2. The van der Waals surface area contributed by atoms with E-state index >= 15 is 0 Å². The second-order valence-corrected chi connectivity index (χ2v) is 31.7. The Balaban J connectivity index is 3.50. The Labute approximate surface area is 721 Å². The summed E-state index contributed by atoms with van der Waals surface area (Å²) in [4.78, 5) is 237. The lowest BCUT2D eigenvalue weighted by Gasteiger charge is -2.29. The number of nitrogens with two attached hydrogens (primary N) is 5. The van der Waals surface area contributed by atoms with Crippen molar-refractivity contribution in [1.82, 2.24) is 63.8 Å². The van der Waals surface area contributed by atoms with Gasteiger partial charge in [0.15, 0.2) is 11.9 Å². The van der Waals surface area contributed by atoms with Crippen LogP contribution in [0.25, 0.3) is 0 Å². The van der Waals surface area contributed by atoms with Crippen molar-refractivity contribution in [1.29, 1.82) is 0 Å². The predicted molar refractivity (Wildman–Crippen MR) is 459 cm³/mol. The number of rotatable bonds is 69. The van der Waals surface area contributed by atoms with Crippen LogP contribution in [0.1, 0.15) is 266 Å². The van der Waals surface area contributed by atoms with Crippen LogP contribution in [0, 0.1) is 17.8 Å². The van der Waals surface area contributed by atoms with Crippen molar-refractivity contribution in [3.8, 4) is 0 Å². The first-order valence-corrected chi connectivity index (χ1v) is 43.1. The first-order chi connectivity index (χ1) is 58.2. The fourth-order valence-corrected chi connectivity index (χ4v) is 13.0. The summed E-state index contributed by atoms with van der Waals surface area (Å²) in [6.07, 6.45) is 15.2. The molecule has 1 unspecified atom stereocenters. The standard InChI is InChI=1S/C83H141N19O21/c1-9-12-13-14-15-16-17-18-19-20-21-22-23-24-25-26-30-37-64(104)101-70(52(7)11-3)80(121)92-53(8)71(112)94-57(38-41-63(84)103)73(114)97-58(39-42-66(106)107)74(115)99-60(46-50(4)5)77(118)96-55(35-31-44-89-82(85)86)72(113)95-56(36-32-45-90-83(87)88)76(117)102-69(51(6)10-2)79(120)91-49-65(105)93-61(48-68(110)111)78(119)98-59(40-43-67(108)109)75(116)100-62(81(122)123)47-54-33-28-27-29-34-54/h27-29,33-34,50-53,55-62,69-70H,9-26,30-32,35-49H2,1-8H3,(H2,84,103)(H,91,120)(H,92,121)(H,93,105)(H,94,112)(H,95,113)(H,96,118)(H,97,114)(H,98,119)(H,99,115)(H,100,116)(H,101,104)(H,102,117)(H,106,107)(H,108,109)(H,110,111)(H,122,123)(H4,85,86,89)(H4,87,88,90)/t51-,52-,53-,55-,56?,57-,58-,59-,60-,61-,62-,69-,70-/m0/s1. The zero-order chi connectivity index (χ0) is 92.5. The molecule has 0 aliphatic rings. The molecule has 123 heavy (non-hydrogen) atoms. The van der Waals surface area contributed by atoms with Crippen LogP contribution in [0.4, 0.5) is 0 Å². The molecule has 0 heterocycles. The molecule has 0 aliphatic carbocycles. The molecule has 1 rings (SSSR count). The lowest BCUT2D eigenvalue weighted by atomic mass is 9.97. The number of aliphatic carboxylic acids is 4. The summed E-state index contributed by atoms with van der Waals surface area (Å²) in [5.41, 5.74) is 28.3. The zero-order valence-corrected chi connectivity index (χ0v) is 72.9. The minimum atomic E-state index is -1.99. The van der Waals surface area contributed by atoms with Gasteiger partial charge in [0.25, 0.3) is 0 Å². The van der Waals surface area contributed by atoms with Crippen molar-refractivity contribution in [2.75, 3.05) is 19.6 Å². The van der Waals surface area contributed by atoms with E-state index in [1.165, 1.54) is 84.0 Å². The smallest absolute Gasteiger partial charge is 0.326 e. The summed E-state index contributed by atoms with van der Waals surface area (Å²) in [5.74, 6) is -21.0. The van der Waals surface area contributed by atoms with E-state index in [0.717, 1.165) is 25.7 Å². The second kappa shape index (κ2) is 62.8. The Kier molecular flexibility index (Phi) is 56.0. The van der Waals surface area contributed by atoms with Gasteiger partial charge in [0.1, 0.15) is 66.5 Å². The highest BCUT2D eigenvalue weighted by Crippen LogP contribution is 2.19. The fourth-order valence-electron chi connectivity index (χ4n) is 13.0. The van der Waals surface area contributed by atoms with Gasteiger partial charge >= 0.3 is 23.9 Å². The van der Waals surface area contributed by atoms with Crippen molar-refractivity contribution < 1.29 is 102 Å². The quantitative estimate of drug-likeness (QED) is 0.0250. The van der Waals surface area contributed by atoms with Gasteiger partial charge < -0.3 is 113 Å². The Morgan fingerprint density at radius 3 is 1.12 bits per heavy atom. The van der Waals surface area contributed by atoms with Crippen LogP contribution < -0.4 is 92.5 Å². The molecule has 0 aliphatic heterocycles. The van der Waals surface area contributed by atoms with E-state index in [2.05, 4.69) is 80.7 Å². The topological polar surface area (TPSA) is 670 Å². The molecule has 0 aromatic heterocycles. The molecule has 694 valence electrons. The lowest BCUT2D eigenvalue weighted by Crippen LogP contribution is -2.60. The van der Waals surface area contributed by atoms with E-state index < -0.39 is 225 Å². The molecule has 13 amide bonds. The average Bonchev–Trinajstić information content (AvgIpc) is 0.842. The van der Waals surface area contributed by atoms with Crippen LogP contribution in [0.5, 0.6) is 0 Å². The first-order valence-electron chi connectivity index (χ1n) is 43.1. The molecule has 40 heteroatoms. The zero-order valence-electron chi connectivity index (χ0n) is 72.9. The monoisotopic (exact) mass is 1740 g/mol. The summed E-state index contributed by atoms with van der Waals surface area (Å²) in [7, 11) is 0. The molecule has 40 nitrogen and oxygen atoms in total. The fraction of sp³-hybridized carbons (Fsp3) is 0.699. The van der Waals surface area contributed by atoms with Crippen LogP contribution in [0.15, 0.2) is 40.3 Å². The average molecular weight is 1740 g/mol. The maximum atomic E-state index is 14.7. The number of hydrogen-bond donors (Lipinski definition) is 21. The van der Waals surface area contributed by atoms with Gasteiger partial charge in [0.2, 0.25) is 76.8 Å². The van der Waals surface area contributed by atoms with Gasteiger partial charge in [-0.3, -0.25) is 86.7 Å². The molecule has 0 spiro atoms. The van der Waals surface area contributed by atoms with Crippen LogP contribution >= 0.6 is 0 Å². The van der Waals surface area contributed by atoms with E-state index in [0.29, 0.717) is 18.4 Å². The SMILES string of the molecule is CCCCCCCCCCCCCCCCCCCC(=O)N[C@H](C(=O)N[C@@H](C)C(=O)N[C@@H](CCC(N)=O)C(=O)N[C@@H](CCC(=O)O)C(=O)N[C@@H](CC(C)C)C(=O)N[C@@H](CCCN=C(N)N)C(=O)NC(CCCN=C(N)N)C(=O)N[C@H](C(=O)NCC(=O)N[C@@H](CC(=O)O)C(=O)N[C@@H](CCC(=O)O)C(=O)N[C@@H](Cc1ccccc1)C(=O)O)[C@@H](C)CC)[C@@H](C)CC. The molecule has 1 aromatic rings. The number of aliphatic imine (C=N–C) groups is 2. The first kappa shape index (κ1) is 110. The number of carbonyl (C=O) groups excluding carboxylic acids is 13. The number of carbonyl (C=O) groups is 17. The number of carboxylic acid groups (broad SMARTS) is 4. The Morgan fingerprint density at radius 1 is 0.350 bits per heavy atom. The van der Waals surface area contributed by atoms with Gasteiger partial charge in [-0.2, -0.15) is 0 Å². The normalized spacial score (nSPS) is 14.2. The highest BCUT2D eigenvalue weighted by Gasteiger charge is 2.38. The summed E-state index contributed by atoms with van der Waals surface area (Å²) in [6.45, 7) is 12.5. The van der Waals surface area contributed by atoms with Gasteiger partial charge in [0, 0.05) is 45.2 Å². The molecule has 0 bridgehead atoms.